The summed E-state index contributed by atoms with van der Waals surface area (Å²) in [6.07, 6.45) is 0. The summed E-state index contributed by atoms with van der Waals surface area (Å²) >= 11 is 0. The van der Waals surface area contributed by atoms with Gasteiger partial charge in [0.05, 0.1) is 18.8 Å². The molecular weight excluding hydrogens is 260 g/mol. The van der Waals surface area contributed by atoms with Crippen molar-refractivity contribution in [3.8, 4) is 0 Å². The topological polar surface area (TPSA) is 74.6 Å². The molecule has 0 aliphatic carbocycles. The summed E-state index contributed by atoms with van der Waals surface area (Å²) in [5.74, 6) is -0.579. The molecular formula is C13H14N4O3. The number of carbonyl (C=O) groups excluding carboxylic acids is 2. The van der Waals surface area contributed by atoms with Crippen molar-refractivity contribution in [3.63, 3.8) is 0 Å². The van der Waals surface area contributed by atoms with Crippen molar-refractivity contribution in [1.82, 2.24) is 4.90 Å². The van der Waals surface area contributed by atoms with Crippen LogP contribution in [0.4, 0.5) is 5.69 Å². The quantitative estimate of drug-likeness (QED) is 0.755. The number of methoxy groups -OCH3 is 1. The van der Waals surface area contributed by atoms with E-state index < -0.39 is 12.1 Å². The summed E-state index contributed by atoms with van der Waals surface area (Å²) in [5, 5.41) is 9.42. The number of hydrogen-bond donors (Lipinski definition) is 0. The minimum absolute atomic E-state index is 0.249. The fraction of sp³-hybridized carbons (Fsp3) is 0.385. The molecule has 0 aromatic heterocycles. The predicted octanol–water partition coefficient (Wildman–Crippen LogP) is 0.626. The number of likely N-dealkylation sites (tertiary alicyclic amines) is 1. The highest BCUT2D eigenvalue weighted by Gasteiger charge is 2.54. The van der Waals surface area contributed by atoms with Gasteiger partial charge in [0, 0.05) is 7.11 Å². The van der Waals surface area contributed by atoms with Gasteiger partial charge in [-0.2, -0.15) is 5.11 Å². The van der Waals surface area contributed by atoms with Crippen LogP contribution in [0.5, 0.6) is 0 Å². The number of ether oxygens (including phenoxy) is 1. The second-order valence-corrected chi connectivity index (χ2v) is 4.60. The molecule has 7 heteroatoms. The molecule has 0 spiro atoms. The van der Waals surface area contributed by atoms with E-state index in [4.69, 9.17) is 4.74 Å². The molecule has 0 bridgehead atoms. The molecule has 2 aliphatic heterocycles. The largest absolute Gasteiger partial charge is 0.383 e. The summed E-state index contributed by atoms with van der Waals surface area (Å²) in [6.45, 7) is 0.568. The lowest BCUT2D eigenvalue weighted by atomic mass is 10.1. The Balaban J connectivity index is 1.85. The first-order valence-electron chi connectivity index (χ1n) is 6.33. The van der Waals surface area contributed by atoms with Crippen LogP contribution in [-0.4, -0.2) is 49.1 Å². The second kappa shape index (κ2) is 5.01. The van der Waals surface area contributed by atoms with Crippen LogP contribution in [-0.2, 0) is 14.3 Å². The Hall–Kier alpha value is -2.28. The Morgan fingerprint density at radius 2 is 1.95 bits per heavy atom. The second-order valence-electron chi connectivity index (χ2n) is 4.60. The van der Waals surface area contributed by atoms with Gasteiger partial charge in [-0.15, -0.1) is 0 Å². The SMILES string of the molecule is COCCN1C(=O)[C@@H]2N=NN(c3ccccc3)[C@H]2C1=O. The molecule has 2 atom stereocenters. The van der Waals surface area contributed by atoms with Crippen molar-refractivity contribution in [3.05, 3.63) is 30.3 Å². The van der Waals surface area contributed by atoms with Crippen LogP contribution in [0.25, 0.3) is 0 Å². The number of benzene rings is 1. The standard InChI is InChI=1S/C13H14N4O3/c1-20-8-7-16-12(18)10-11(13(16)19)17(15-14-10)9-5-3-2-4-6-9/h2-6,10-11H,7-8H2,1H3/t10-,11-/m1/s1. The van der Waals surface area contributed by atoms with Crippen molar-refractivity contribution < 1.29 is 14.3 Å². The fourth-order valence-corrected chi connectivity index (χ4v) is 2.41. The predicted molar refractivity (Wildman–Crippen MR) is 69.9 cm³/mol. The normalized spacial score (nSPS) is 24.6. The molecule has 2 amide bonds. The number of imide groups is 1. The van der Waals surface area contributed by atoms with E-state index in [1.807, 2.05) is 30.3 Å². The number of rotatable bonds is 4. The van der Waals surface area contributed by atoms with E-state index in [9.17, 15) is 9.59 Å². The summed E-state index contributed by atoms with van der Waals surface area (Å²) in [4.78, 5) is 25.7. The van der Waals surface area contributed by atoms with E-state index in [-0.39, 0.29) is 18.4 Å². The van der Waals surface area contributed by atoms with E-state index in [1.54, 1.807) is 0 Å². The first kappa shape index (κ1) is 12.7. The molecule has 2 aliphatic rings. The Kier molecular flexibility index (Phi) is 3.19. The van der Waals surface area contributed by atoms with Crippen LogP contribution in [0, 0.1) is 0 Å². The van der Waals surface area contributed by atoms with Gasteiger partial charge < -0.3 is 4.74 Å². The number of para-hydroxylation sites is 1. The first-order chi connectivity index (χ1) is 9.74. The molecule has 1 fully saturated rings. The zero-order valence-corrected chi connectivity index (χ0v) is 11.0. The van der Waals surface area contributed by atoms with Crippen molar-refractivity contribution >= 4 is 17.5 Å². The fourth-order valence-electron chi connectivity index (χ4n) is 2.41. The molecule has 0 radical (unpaired) electrons. The number of hydrogen-bond acceptors (Lipinski definition) is 6. The molecule has 104 valence electrons. The summed E-state index contributed by atoms with van der Waals surface area (Å²) in [7, 11) is 1.53. The molecule has 1 aromatic carbocycles. The van der Waals surface area contributed by atoms with Gasteiger partial charge in [0.1, 0.15) is 0 Å². The lowest BCUT2D eigenvalue weighted by molar-refractivity contribution is -0.139. The van der Waals surface area contributed by atoms with Gasteiger partial charge >= 0.3 is 0 Å². The van der Waals surface area contributed by atoms with Crippen LogP contribution in [0.3, 0.4) is 0 Å². The number of nitrogens with zero attached hydrogens (tertiary/aromatic N) is 4. The van der Waals surface area contributed by atoms with Gasteiger partial charge in [-0.3, -0.25) is 14.5 Å². The Morgan fingerprint density at radius 1 is 1.20 bits per heavy atom. The monoisotopic (exact) mass is 274 g/mol. The highest BCUT2D eigenvalue weighted by molar-refractivity contribution is 6.11. The molecule has 0 unspecified atom stereocenters. The van der Waals surface area contributed by atoms with E-state index >= 15 is 0 Å². The van der Waals surface area contributed by atoms with Crippen molar-refractivity contribution in [2.24, 2.45) is 10.3 Å². The number of fused-ring (bicyclic) bond motifs is 1. The minimum Gasteiger partial charge on any atom is -0.383 e. The van der Waals surface area contributed by atoms with Crippen LogP contribution in [0.15, 0.2) is 40.7 Å². The van der Waals surface area contributed by atoms with Gasteiger partial charge in [0.15, 0.2) is 12.1 Å². The lowest BCUT2D eigenvalue weighted by Gasteiger charge is -2.20. The van der Waals surface area contributed by atoms with Crippen LogP contribution in [0.1, 0.15) is 0 Å². The van der Waals surface area contributed by atoms with Gasteiger partial charge in [-0.25, -0.2) is 5.01 Å². The van der Waals surface area contributed by atoms with Crippen LogP contribution in [0.2, 0.25) is 0 Å². The summed E-state index contributed by atoms with van der Waals surface area (Å²) < 4.78 is 4.92. The molecule has 2 heterocycles. The zero-order chi connectivity index (χ0) is 14.1. The third kappa shape index (κ3) is 1.87. The van der Waals surface area contributed by atoms with Crippen molar-refractivity contribution in [1.29, 1.82) is 0 Å². The van der Waals surface area contributed by atoms with E-state index in [1.165, 1.54) is 17.0 Å². The van der Waals surface area contributed by atoms with E-state index in [2.05, 4.69) is 10.3 Å². The average Bonchev–Trinajstić information content (AvgIpc) is 3.01. The Bertz CT molecular complexity index is 560. The molecule has 3 rings (SSSR count). The maximum Gasteiger partial charge on any atom is 0.258 e. The molecule has 1 saturated heterocycles. The van der Waals surface area contributed by atoms with E-state index in [0.717, 1.165) is 5.69 Å². The van der Waals surface area contributed by atoms with Gasteiger partial charge in [0.2, 0.25) is 0 Å². The zero-order valence-electron chi connectivity index (χ0n) is 11.0. The highest BCUT2D eigenvalue weighted by atomic mass is 16.5. The third-order valence-electron chi connectivity index (χ3n) is 3.41. The molecule has 7 nitrogen and oxygen atoms in total. The first-order valence-corrected chi connectivity index (χ1v) is 6.33. The highest BCUT2D eigenvalue weighted by Crippen LogP contribution is 2.31. The number of anilines is 1. The minimum atomic E-state index is -0.737. The summed E-state index contributed by atoms with van der Waals surface area (Å²) in [5.41, 5.74) is 0.749. The van der Waals surface area contributed by atoms with Crippen molar-refractivity contribution in [2.75, 3.05) is 25.3 Å². The van der Waals surface area contributed by atoms with Crippen LogP contribution < -0.4 is 5.01 Å². The lowest BCUT2D eigenvalue weighted by Crippen LogP contribution is -2.40. The summed E-state index contributed by atoms with van der Waals surface area (Å²) in [6, 6.07) is 7.83. The third-order valence-corrected chi connectivity index (χ3v) is 3.41. The Labute approximate surface area is 115 Å². The molecule has 1 aromatic rings. The van der Waals surface area contributed by atoms with Crippen LogP contribution >= 0.6 is 0 Å². The molecule has 0 N–H and O–H groups in total. The smallest absolute Gasteiger partial charge is 0.258 e. The number of amides is 2. The maximum atomic E-state index is 12.4. The average molecular weight is 274 g/mol. The maximum absolute atomic E-state index is 12.4. The van der Waals surface area contributed by atoms with Crippen molar-refractivity contribution in [2.45, 2.75) is 12.1 Å². The Morgan fingerprint density at radius 3 is 2.65 bits per heavy atom. The van der Waals surface area contributed by atoms with Gasteiger partial charge in [-0.1, -0.05) is 23.4 Å². The number of carbonyl (C=O) groups is 2. The van der Waals surface area contributed by atoms with Gasteiger partial charge in [0.25, 0.3) is 11.8 Å². The molecule has 20 heavy (non-hydrogen) atoms. The van der Waals surface area contributed by atoms with Gasteiger partial charge in [-0.05, 0) is 12.1 Å². The van der Waals surface area contributed by atoms with E-state index in [0.29, 0.717) is 6.61 Å². The molecule has 0 saturated carbocycles.